The van der Waals surface area contributed by atoms with Crippen molar-refractivity contribution < 1.29 is 14.5 Å². The highest BCUT2D eigenvalue weighted by atomic mass is 32.2. The Morgan fingerprint density at radius 3 is 2.54 bits per heavy atom. The number of nitrogens with one attached hydrogen (secondary N) is 2. The third kappa shape index (κ3) is 6.73. The number of nitrogens with zero attached hydrogens (tertiary/aromatic N) is 2. The number of nitro benzene ring substituents is 1. The number of amides is 2. The maximum Gasteiger partial charge on any atom is 0.270 e. The van der Waals surface area contributed by atoms with Gasteiger partial charge in [-0.25, -0.2) is 5.43 Å². The van der Waals surface area contributed by atoms with Gasteiger partial charge in [0.1, 0.15) is 0 Å². The molecule has 0 aliphatic rings. The van der Waals surface area contributed by atoms with E-state index >= 15 is 0 Å². The van der Waals surface area contributed by atoms with Crippen molar-refractivity contribution in [3.05, 3.63) is 70.3 Å². The quantitative estimate of drug-likeness (QED) is 0.420. The van der Waals surface area contributed by atoms with Crippen LogP contribution in [-0.4, -0.2) is 34.5 Å². The third-order valence-corrected chi connectivity index (χ3v) is 3.94. The lowest BCUT2D eigenvalue weighted by molar-refractivity contribution is -0.384. The molecule has 8 nitrogen and oxygen atoms in total. The van der Waals surface area contributed by atoms with E-state index in [-0.39, 0.29) is 29.0 Å². The fourth-order valence-corrected chi connectivity index (χ4v) is 2.49. The van der Waals surface area contributed by atoms with Crippen molar-refractivity contribution in [3.8, 4) is 0 Å². The zero-order valence-electron chi connectivity index (χ0n) is 13.6. The Morgan fingerprint density at radius 2 is 1.81 bits per heavy atom. The Bertz CT molecular complexity index is 811. The largest absolute Gasteiger partial charge is 0.325 e. The van der Waals surface area contributed by atoms with Crippen LogP contribution >= 0.6 is 11.8 Å². The third-order valence-electron chi connectivity index (χ3n) is 3.01. The SMILES string of the molecule is O=C(CSCC(=O)Nc1ccccc1)N/N=C/c1cccc([N+](=O)[O-])c1. The molecule has 0 aliphatic heterocycles. The molecule has 0 unspecified atom stereocenters. The molecule has 2 aromatic carbocycles. The van der Waals surface area contributed by atoms with Gasteiger partial charge >= 0.3 is 0 Å². The van der Waals surface area contributed by atoms with Gasteiger partial charge < -0.3 is 5.32 Å². The summed E-state index contributed by atoms with van der Waals surface area (Å²) in [7, 11) is 0. The first-order chi connectivity index (χ1) is 12.5. The molecule has 26 heavy (non-hydrogen) atoms. The van der Waals surface area contributed by atoms with Gasteiger partial charge in [-0.15, -0.1) is 11.8 Å². The first-order valence-electron chi connectivity index (χ1n) is 7.53. The van der Waals surface area contributed by atoms with Crippen LogP contribution in [0, 0.1) is 10.1 Å². The Labute approximate surface area is 153 Å². The highest BCUT2D eigenvalue weighted by Crippen LogP contribution is 2.11. The van der Waals surface area contributed by atoms with Crippen molar-refractivity contribution in [2.75, 3.05) is 16.8 Å². The highest BCUT2D eigenvalue weighted by Gasteiger charge is 2.06. The zero-order chi connectivity index (χ0) is 18.8. The summed E-state index contributed by atoms with van der Waals surface area (Å²) in [4.78, 5) is 33.6. The minimum absolute atomic E-state index is 0.0553. The summed E-state index contributed by atoms with van der Waals surface area (Å²) in [6, 6.07) is 14.9. The molecule has 0 fully saturated rings. The van der Waals surface area contributed by atoms with Crippen molar-refractivity contribution in [1.82, 2.24) is 5.43 Å². The van der Waals surface area contributed by atoms with Gasteiger partial charge in [-0.3, -0.25) is 19.7 Å². The molecule has 9 heteroatoms. The molecule has 134 valence electrons. The standard InChI is InChI=1S/C17H16N4O4S/c22-16(19-14-6-2-1-3-7-14)11-26-12-17(23)20-18-10-13-5-4-8-15(9-13)21(24)25/h1-10H,11-12H2,(H,19,22)(H,20,23)/b18-10+. The molecule has 0 radical (unpaired) electrons. The zero-order valence-corrected chi connectivity index (χ0v) is 14.4. The number of rotatable bonds is 8. The van der Waals surface area contributed by atoms with E-state index in [1.807, 2.05) is 18.2 Å². The number of non-ortho nitro benzene ring substituents is 1. The van der Waals surface area contributed by atoms with Crippen molar-refractivity contribution >= 4 is 41.2 Å². The van der Waals surface area contributed by atoms with E-state index in [9.17, 15) is 19.7 Å². The molecule has 2 rings (SSSR count). The smallest absolute Gasteiger partial charge is 0.270 e. The van der Waals surface area contributed by atoms with Gasteiger partial charge in [-0.05, 0) is 12.1 Å². The molecule has 0 bridgehead atoms. The second-order valence-electron chi connectivity index (χ2n) is 5.05. The number of carbonyl (C=O) groups excluding carboxylic acids is 2. The van der Waals surface area contributed by atoms with Gasteiger partial charge in [0, 0.05) is 23.4 Å². The Kier molecular flexibility index (Phi) is 7.31. The van der Waals surface area contributed by atoms with Crippen LogP contribution in [0.25, 0.3) is 0 Å². The monoisotopic (exact) mass is 372 g/mol. The molecule has 2 aromatic rings. The molecule has 0 heterocycles. The minimum atomic E-state index is -0.507. The van der Waals surface area contributed by atoms with Crippen LogP contribution in [0.3, 0.4) is 0 Å². The van der Waals surface area contributed by atoms with E-state index in [4.69, 9.17) is 0 Å². The molecule has 0 saturated carbocycles. The fraction of sp³-hybridized carbons (Fsp3) is 0.118. The number of hydrogen-bond acceptors (Lipinski definition) is 6. The number of carbonyl (C=O) groups is 2. The van der Waals surface area contributed by atoms with Gasteiger partial charge in [-0.2, -0.15) is 5.10 Å². The van der Waals surface area contributed by atoms with Crippen LogP contribution in [0.2, 0.25) is 0 Å². The van der Waals surface area contributed by atoms with Gasteiger partial charge in [0.15, 0.2) is 0 Å². The fourth-order valence-electron chi connectivity index (χ4n) is 1.88. The Hall–Kier alpha value is -3.20. The van der Waals surface area contributed by atoms with E-state index in [1.54, 1.807) is 18.2 Å². The van der Waals surface area contributed by atoms with Crippen LogP contribution in [0.4, 0.5) is 11.4 Å². The Morgan fingerprint density at radius 1 is 1.08 bits per heavy atom. The summed E-state index contributed by atoms with van der Waals surface area (Å²) in [5, 5.41) is 17.1. The molecule has 0 aromatic heterocycles. The van der Waals surface area contributed by atoms with Crippen molar-refractivity contribution in [2.24, 2.45) is 5.10 Å². The molecular formula is C17H16N4O4S. The van der Waals surface area contributed by atoms with Gasteiger partial charge in [0.05, 0.1) is 22.6 Å². The second-order valence-corrected chi connectivity index (χ2v) is 6.04. The van der Waals surface area contributed by atoms with E-state index in [0.717, 1.165) is 11.8 Å². The van der Waals surface area contributed by atoms with E-state index < -0.39 is 4.92 Å². The summed E-state index contributed by atoms with van der Waals surface area (Å²) < 4.78 is 0. The predicted octanol–water partition coefficient (Wildman–Crippen LogP) is 2.42. The number of para-hydroxylation sites is 1. The number of anilines is 1. The number of nitro groups is 1. The Balaban J connectivity index is 1.69. The lowest BCUT2D eigenvalue weighted by Crippen LogP contribution is -2.21. The average molecular weight is 372 g/mol. The summed E-state index contributed by atoms with van der Waals surface area (Å²) in [5.74, 6) is -0.371. The number of hydrogen-bond donors (Lipinski definition) is 2. The van der Waals surface area contributed by atoms with Crippen molar-refractivity contribution in [2.45, 2.75) is 0 Å². The topological polar surface area (TPSA) is 114 Å². The normalized spacial score (nSPS) is 10.5. The molecule has 0 aliphatic carbocycles. The van der Waals surface area contributed by atoms with Crippen LogP contribution < -0.4 is 10.7 Å². The minimum Gasteiger partial charge on any atom is -0.325 e. The lowest BCUT2D eigenvalue weighted by Gasteiger charge is -2.04. The van der Waals surface area contributed by atoms with Gasteiger partial charge in [0.25, 0.3) is 5.69 Å². The van der Waals surface area contributed by atoms with Crippen LogP contribution in [0.5, 0.6) is 0 Å². The summed E-state index contributed by atoms with van der Waals surface area (Å²) in [6.45, 7) is 0. The average Bonchev–Trinajstić information content (AvgIpc) is 2.63. The first kappa shape index (κ1) is 19.1. The van der Waals surface area contributed by atoms with E-state index in [1.165, 1.54) is 24.4 Å². The number of thioether (sulfide) groups is 1. The van der Waals surface area contributed by atoms with Crippen LogP contribution in [-0.2, 0) is 9.59 Å². The highest BCUT2D eigenvalue weighted by molar-refractivity contribution is 8.00. The van der Waals surface area contributed by atoms with Crippen LogP contribution in [0.15, 0.2) is 59.7 Å². The molecule has 0 atom stereocenters. The van der Waals surface area contributed by atoms with Crippen molar-refractivity contribution in [3.63, 3.8) is 0 Å². The molecule has 0 saturated heterocycles. The maximum atomic E-state index is 11.7. The predicted molar refractivity (Wildman–Crippen MR) is 101 cm³/mol. The van der Waals surface area contributed by atoms with E-state index in [0.29, 0.717) is 11.3 Å². The van der Waals surface area contributed by atoms with Gasteiger partial charge in [-0.1, -0.05) is 30.3 Å². The maximum absolute atomic E-state index is 11.7. The molecule has 2 N–H and O–H groups in total. The molecule has 2 amide bonds. The number of hydrazone groups is 1. The number of benzene rings is 2. The van der Waals surface area contributed by atoms with Gasteiger partial charge in [0.2, 0.25) is 11.8 Å². The lowest BCUT2D eigenvalue weighted by atomic mass is 10.2. The molecule has 0 spiro atoms. The van der Waals surface area contributed by atoms with Crippen molar-refractivity contribution in [1.29, 1.82) is 0 Å². The van der Waals surface area contributed by atoms with E-state index in [2.05, 4.69) is 15.8 Å². The molecular weight excluding hydrogens is 356 g/mol. The first-order valence-corrected chi connectivity index (χ1v) is 8.69. The van der Waals surface area contributed by atoms with Crippen LogP contribution in [0.1, 0.15) is 5.56 Å². The summed E-state index contributed by atoms with van der Waals surface area (Å²) in [5.41, 5.74) is 3.45. The second kappa shape index (κ2) is 9.94. The summed E-state index contributed by atoms with van der Waals surface area (Å²) in [6.07, 6.45) is 1.32. The summed E-state index contributed by atoms with van der Waals surface area (Å²) >= 11 is 1.15.